The van der Waals surface area contributed by atoms with E-state index in [1.807, 2.05) is 0 Å². The SMILES string of the molecule is CON(C)S(=O)(=O)c1ccc(C(=O)OC2CCCCCCC2)cc1. The van der Waals surface area contributed by atoms with Gasteiger partial charge in [0.25, 0.3) is 10.0 Å². The molecular weight excluding hydrogens is 330 g/mol. The van der Waals surface area contributed by atoms with Crippen molar-refractivity contribution in [2.75, 3.05) is 14.2 Å². The minimum absolute atomic E-state index is 0.0409. The summed E-state index contributed by atoms with van der Waals surface area (Å²) >= 11 is 0. The molecule has 1 fully saturated rings. The molecular formula is C17H25NO5S. The van der Waals surface area contributed by atoms with Gasteiger partial charge < -0.3 is 4.74 Å². The molecule has 1 aromatic rings. The smallest absolute Gasteiger partial charge is 0.338 e. The van der Waals surface area contributed by atoms with Crippen molar-refractivity contribution in [3.05, 3.63) is 29.8 Å². The first-order valence-electron chi connectivity index (χ1n) is 8.29. The molecule has 1 aliphatic carbocycles. The van der Waals surface area contributed by atoms with Gasteiger partial charge in [0, 0.05) is 7.05 Å². The molecule has 0 N–H and O–H groups in total. The minimum Gasteiger partial charge on any atom is -0.459 e. The number of carbonyl (C=O) groups is 1. The van der Waals surface area contributed by atoms with Crippen molar-refractivity contribution in [2.45, 2.75) is 55.9 Å². The number of rotatable bonds is 5. The van der Waals surface area contributed by atoms with Gasteiger partial charge in [-0.25, -0.2) is 13.2 Å². The first kappa shape index (κ1) is 18.9. The number of carbonyl (C=O) groups excluding carboxylic acids is 1. The average molecular weight is 355 g/mol. The molecule has 0 bridgehead atoms. The first-order valence-corrected chi connectivity index (χ1v) is 9.73. The maximum atomic E-state index is 12.3. The van der Waals surface area contributed by atoms with Gasteiger partial charge in [-0.05, 0) is 49.9 Å². The number of hydrogen-bond donors (Lipinski definition) is 0. The number of benzene rings is 1. The average Bonchev–Trinajstić information content (AvgIpc) is 2.56. The molecule has 0 spiro atoms. The molecule has 7 heteroatoms. The third-order valence-electron chi connectivity index (χ3n) is 4.31. The summed E-state index contributed by atoms with van der Waals surface area (Å²) in [5.74, 6) is -0.399. The first-order chi connectivity index (χ1) is 11.4. The maximum Gasteiger partial charge on any atom is 0.338 e. The fraction of sp³-hybridized carbons (Fsp3) is 0.588. The summed E-state index contributed by atoms with van der Waals surface area (Å²) in [6.07, 6.45) is 7.55. The summed E-state index contributed by atoms with van der Waals surface area (Å²) in [7, 11) is -1.12. The van der Waals surface area contributed by atoms with Gasteiger partial charge in [-0.1, -0.05) is 23.7 Å². The van der Waals surface area contributed by atoms with Crippen LogP contribution in [0.25, 0.3) is 0 Å². The lowest BCUT2D eigenvalue weighted by Gasteiger charge is -2.20. The van der Waals surface area contributed by atoms with Gasteiger partial charge in [0.15, 0.2) is 0 Å². The molecule has 0 aromatic heterocycles. The Balaban J connectivity index is 2.03. The lowest BCUT2D eigenvalue weighted by Crippen LogP contribution is -2.25. The highest BCUT2D eigenvalue weighted by atomic mass is 32.2. The van der Waals surface area contributed by atoms with Crippen LogP contribution in [-0.4, -0.2) is 39.1 Å². The van der Waals surface area contributed by atoms with E-state index in [4.69, 9.17) is 9.57 Å². The lowest BCUT2D eigenvalue weighted by molar-refractivity contribution is -0.0258. The Hall–Kier alpha value is -1.44. The van der Waals surface area contributed by atoms with E-state index in [1.54, 1.807) is 0 Å². The monoisotopic (exact) mass is 355 g/mol. The van der Waals surface area contributed by atoms with E-state index in [0.717, 1.165) is 30.2 Å². The normalized spacial score (nSPS) is 17.3. The number of hydroxylamine groups is 1. The van der Waals surface area contributed by atoms with Gasteiger partial charge in [0.2, 0.25) is 0 Å². The molecule has 0 heterocycles. The van der Waals surface area contributed by atoms with Crippen molar-refractivity contribution in [1.29, 1.82) is 0 Å². The molecule has 0 aliphatic heterocycles. The van der Waals surface area contributed by atoms with Crippen molar-refractivity contribution in [3.63, 3.8) is 0 Å². The van der Waals surface area contributed by atoms with Crippen LogP contribution in [0.4, 0.5) is 0 Å². The third-order valence-corrected chi connectivity index (χ3v) is 6.00. The second kappa shape index (κ2) is 8.60. The van der Waals surface area contributed by atoms with Crippen molar-refractivity contribution >= 4 is 16.0 Å². The summed E-state index contributed by atoms with van der Waals surface area (Å²) in [6, 6.07) is 5.72. The minimum atomic E-state index is -3.71. The van der Waals surface area contributed by atoms with Crippen LogP contribution in [-0.2, 0) is 19.6 Å². The molecule has 0 unspecified atom stereocenters. The van der Waals surface area contributed by atoms with Crippen LogP contribution in [0.2, 0.25) is 0 Å². The molecule has 134 valence electrons. The number of sulfonamides is 1. The zero-order valence-electron chi connectivity index (χ0n) is 14.2. The van der Waals surface area contributed by atoms with Crippen LogP contribution >= 0.6 is 0 Å². The summed E-state index contributed by atoms with van der Waals surface area (Å²) < 4.78 is 30.6. The van der Waals surface area contributed by atoms with Crippen LogP contribution in [0.5, 0.6) is 0 Å². The molecule has 24 heavy (non-hydrogen) atoms. The topological polar surface area (TPSA) is 72.9 Å². The molecule has 2 rings (SSSR count). The number of esters is 1. The standard InChI is InChI=1S/C17H25NO5S/c1-18(22-2)24(20,21)16-12-10-14(11-13-16)17(19)23-15-8-6-4-3-5-7-9-15/h10-13,15H,3-9H2,1-2H3. The molecule has 6 nitrogen and oxygen atoms in total. The number of hydrogen-bond acceptors (Lipinski definition) is 5. The van der Waals surface area contributed by atoms with Crippen molar-refractivity contribution in [3.8, 4) is 0 Å². The van der Waals surface area contributed by atoms with Crippen LogP contribution in [0.3, 0.4) is 0 Å². The van der Waals surface area contributed by atoms with Crippen molar-refractivity contribution in [1.82, 2.24) is 4.47 Å². The van der Waals surface area contributed by atoms with Crippen LogP contribution in [0.1, 0.15) is 55.3 Å². The van der Waals surface area contributed by atoms with Crippen molar-refractivity contribution in [2.24, 2.45) is 0 Å². The zero-order chi connectivity index (χ0) is 17.6. The molecule has 0 atom stereocenters. The van der Waals surface area contributed by atoms with E-state index in [-0.39, 0.29) is 11.0 Å². The van der Waals surface area contributed by atoms with E-state index in [2.05, 4.69) is 0 Å². The number of nitrogens with zero attached hydrogens (tertiary/aromatic N) is 1. The van der Waals surface area contributed by atoms with Gasteiger partial charge in [-0.3, -0.25) is 4.84 Å². The van der Waals surface area contributed by atoms with Crippen molar-refractivity contribution < 1.29 is 22.8 Å². The summed E-state index contributed by atoms with van der Waals surface area (Å²) in [5.41, 5.74) is 0.357. The largest absolute Gasteiger partial charge is 0.459 e. The highest BCUT2D eigenvalue weighted by Crippen LogP contribution is 2.21. The van der Waals surface area contributed by atoms with Gasteiger partial charge in [0.1, 0.15) is 6.10 Å². The molecule has 0 amide bonds. The lowest BCUT2D eigenvalue weighted by atomic mass is 9.98. The fourth-order valence-electron chi connectivity index (χ4n) is 2.77. The van der Waals surface area contributed by atoms with Gasteiger partial charge in [0.05, 0.1) is 17.6 Å². The Morgan fingerprint density at radius 3 is 2.12 bits per heavy atom. The Labute approximate surface area is 143 Å². The van der Waals surface area contributed by atoms with E-state index in [9.17, 15) is 13.2 Å². The van der Waals surface area contributed by atoms with Gasteiger partial charge >= 0.3 is 5.97 Å². The molecule has 1 aromatic carbocycles. The number of ether oxygens (including phenoxy) is 1. The summed E-state index contributed by atoms with van der Waals surface area (Å²) in [5, 5.41) is 0. The molecule has 0 saturated heterocycles. The Kier molecular flexibility index (Phi) is 6.77. The summed E-state index contributed by atoms with van der Waals surface area (Å²) in [4.78, 5) is 17.0. The molecule has 1 saturated carbocycles. The van der Waals surface area contributed by atoms with Crippen LogP contribution in [0.15, 0.2) is 29.2 Å². The van der Waals surface area contributed by atoms with Crippen LogP contribution < -0.4 is 0 Å². The quantitative estimate of drug-likeness (QED) is 0.599. The second-order valence-corrected chi connectivity index (χ2v) is 7.93. The van der Waals surface area contributed by atoms with Crippen LogP contribution in [0, 0.1) is 0 Å². The maximum absolute atomic E-state index is 12.3. The van der Waals surface area contributed by atoms with E-state index >= 15 is 0 Å². The highest BCUT2D eigenvalue weighted by molar-refractivity contribution is 7.89. The highest BCUT2D eigenvalue weighted by Gasteiger charge is 2.22. The summed E-state index contributed by atoms with van der Waals surface area (Å²) in [6.45, 7) is 0. The van der Waals surface area contributed by atoms with Gasteiger partial charge in [-0.15, -0.1) is 0 Å². The second-order valence-electron chi connectivity index (χ2n) is 5.99. The zero-order valence-corrected chi connectivity index (χ0v) is 15.0. The fourth-order valence-corrected chi connectivity index (χ4v) is 3.74. The van der Waals surface area contributed by atoms with Gasteiger partial charge in [-0.2, -0.15) is 0 Å². The predicted octanol–water partition coefficient (Wildman–Crippen LogP) is 3.14. The Morgan fingerprint density at radius 2 is 1.58 bits per heavy atom. The molecule has 1 aliphatic rings. The van der Waals surface area contributed by atoms with E-state index in [1.165, 1.54) is 57.7 Å². The Morgan fingerprint density at radius 1 is 1.04 bits per heavy atom. The van der Waals surface area contributed by atoms with E-state index in [0.29, 0.717) is 5.56 Å². The molecule has 0 radical (unpaired) electrons. The third kappa shape index (κ3) is 4.78. The van der Waals surface area contributed by atoms with E-state index < -0.39 is 16.0 Å². The predicted molar refractivity (Wildman–Crippen MR) is 89.9 cm³/mol. The Bertz CT molecular complexity index is 633.